The molecule has 108 valence electrons. The third-order valence-corrected chi connectivity index (χ3v) is 3.42. The summed E-state index contributed by atoms with van der Waals surface area (Å²) in [7, 11) is 0. The van der Waals surface area contributed by atoms with Crippen LogP contribution in [-0.2, 0) is 4.79 Å². The summed E-state index contributed by atoms with van der Waals surface area (Å²) in [6.07, 6.45) is 2.95. The van der Waals surface area contributed by atoms with Crippen molar-refractivity contribution in [1.29, 1.82) is 0 Å². The molecule has 0 saturated carbocycles. The quantitative estimate of drug-likeness (QED) is 0.798. The fraction of sp³-hybridized carbons (Fsp3) is 0.714. The number of carbonyl (C=O) groups excluding carboxylic acids is 1. The molecule has 0 atom stereocenters. The van der Waals surface area contributed by atoms with Crippen molar-refractivity contribution in [3.05, 3.63) is 11.6 Å². The molecule has 0 aromatic rings. The number of carbonyl (C=O) groups is 2. The third kappa shape index (κ3) is 4.26. The highest BCUT2D eigenvalue weighted by atomic mass is 16.4. The lowest BCUT2D eigenvalue weighted by Gasteiger charge is -2.34. The molecule has 1 aliphatic rings. The Labute approximate surface area is 114 Å². The average Bonchev–Trinajstić information content (AvgIpc) is 2.34. The van der Waals surface area contributed by atoms with Gasteiger partial charge in [-0.25, -0.2) is 4.79 Å². The van der Waals surface area contributed by atoms with Crippen LogP contribution in [0.5, 0.6) is 0 Å². The molecule has 2 amide bonds. The number of hydrogen-bond acceptors (Lipinski definition) is 2. The smallest absolute Gasteiger partial charge is 0.323 e. The normalized spacial score (nSPS) is 16.0. The molecule has 0 aliphatic carbocycles. The van der Waals surface area contributed by atoms with Gasteiger partial charge in [-0.1, -0.05) is 32.4 Å². The zero-order valence-electron chi connectivity index (χ0n) is 12.3. The summed E-state index contributed by atoms with van der Waals surface area (Å²) in [4.78, 5) is 26.0. The largest absolute Gasteiger partial charge is 0.480 e. The number of likely N-dealkylation sites (N-methyl/N-ethyl adjacent to an activating group) is 1. The molecule has 0 spiro atoms. The number of rotatable bonds is 3. The van der Waals surface area contributed by atoms with Gasteiger partial charge in [0.1, 0.15) is 6.54 Å². The van der Waals surface area contributed by atoms with E-state index in [1.54, 1.807) is 11.8 Å². The SMILES string of the molecule is CCN(CC(=O)O)C(=O)N1CC=C(C(C)(C)C)CC1. The van der Waals surface area contributed by atoms with Crippen molar-refractivity contribution in [2.24, 2.45) is 5.41 Å². The topological polar surface area (TPSA) is 60.9 Å². The van der Waals surface area contributed by atoms with Crippen molar-refractivity contribution >= 4 is 12.0 Å². The van der Waals surface area contributed by atoms with Gasteiger partial charge in [-0.3, -0.25) is 4.79 Å². The van der Waals surface area contributed by atoms with Crippen molar-refractivity contribution in [3.8, 4) is 0 Å². The molecule has 0 saturated heterocycles. The Morgan fingerprint density at radius 2 is 2.05 bits per heavy atom. The molecule has 0 bridgehead atoms. The second-order valence-electron chi connectivity index (χ2n) is 5.87. The monoisotopic (exact) mass is 268 g/mol. The Kier molecular flexibility index (Phi) is 4.97. The van der Waals surface area contributed by atoms with Crippen LogP contribution in [0.15, 0.2) is 11.6 Å². The molecular weight excluding hydrogens is 244 g/mol. The molecule has 0 aromatic carbocycles. The number of amides is 2. The summed E-state index contributed by atoms with van der Waals surface area (Å²) >= 11 is 0. The van der Waals surface area contributed by atoms with Crippen LogP contribution in [-0.4, -0.2) is 53.1 Å². The first-order chi connectivity index (χ1) is 8.75. The number of carboxylic acids is 1. The molecule has 5 nitrogen and oxygen atoms in total. The zero-order valence-corrected chi connectivity index (χ0v) is 12.3. The van der Waals surface area contributed by atoms with Gasteiger partial charge in [-0.2, -0.15) is 0 Å². The Morgan fingerprint density at radius 1 is 1.42 bits per heavy atom. The van der Waals surface area contributed by atoms with Crippen molar-refractivity contribution in [3.63, 3.8) is 0 Å². The number of carboxylic acid groups (broad SMARTS) is 1. The number of nitrogens with zero attached hydrogens (tertiary/aromatic N) is 2. The fourth-order valence-corrected chi connectivity index (χ4v) is 2.20. The molecule has 19 heavy (non-hydrogen) atoms. The van der Waals surface area contributed by atoms with E-state index >= 15 is 0 Å². The van der Waals surface area contributed by atoms with Gasteiger partial charge >= 0.3 is 12.0 Å². The summed E-state index contributed by atoms with van der Waals surface area (Å²) in [5, 5.41) is 8.79. The molecular formula is C14H24N2O3. The summed E-state index contributed by atoms with van der Waals surface area (Å²) < 4.78 is 0. The zero-order chi connectivity index (χ0) is 14.6. The van der Waals surface area contributed by atoms with E-state index in [-0.39, 0.29) is 18.0 Å². The minimum Gasteiger partial charge on any atom is -0.480 e. The highest BCUT2D eigenvalue weighted by Crippen LogP contribution is 2.30. The maximum Gasteiger partial charge on any atom is 0.323 e. The first kappa shape index (κ1) is 15.5. The van der Waals surface area contributed by atoms with E-state index in [1.165, 1.54) is 10.5 Å². The van der Waals surface area contributed by atoms with Gasteiger partial charge in [0.25, 0.3) is 0 Å². The Morgan fingerprint density at radius 3 is 2.42 bits per heavy atom. The molecule has 0 radical (unpaired) electrons. The lowest BCUT2D eigenvalue weighted by atomic mass is 9.83. The Balaban J connectivity index is 2.66. The first-order valence-corrected chi connectivity index (χ1v) is 6.71. The average molecular weight is 268 g/mol. The highest BCUT2D eigenvalue weighted by Gasteiger charge is 2.26. The molecule has 0 fully saturated rings. The molecule has 1 aliphatic heterocycles. The lowest BCUT2D eigenvalue weighted by Crippen LogP contribution is -2.47. The Bertz CT molecular complexity index is 383. The number of aliphatic carboxylic acids is 1. The predicted molar refractivity (Wildman–Crippen MR) is 74.0 cm³/mol. The molecule has 0 unspecified atom stereocenters. The van der Waals surface area contributed by atoms with E-state index < -0.39 is 5.97 Å². The predicted octanol–water partition coefficient (Wildman–Crippen LogP) is 2.19. The van der Waals surface area contributed by atoms with E-state index in [0.29, 0.717) is 19.6 Å². The van der Waals surface area contributed by atoms with Gasteiger partial charge in [0, 0.05) is 19.6 Å². The summed E-state index contributed by atoms with van der Waals surface area (Å²) in [5.41, 5.74) is 1.50. The van der Waals surface area contributed by atoms with E-state index in [0.717, 1.165) is 6.42 Å². The standard InChI is InChI=1S/C14H24N2O3/c1-5-15(10-12(17)18)13(19)16-8-6-11(7-9-16)14(2,3)4/h6H,5,7-10H2,1-4H3,(H,17,18). The van der Waals surface area contributed by atoms with Crippen LogP contribution in [0.2, 0.25) is 0 Å². The van der Waals surface area contributed by atoms with Crippen LogP contribution in [0, 0.1) is 5.41 Å². The van der Waals surface area contributed by atoms with Crippen molar-refractivity contribution < 1.29 is 14.7 Å². The second-order valence-corrected chi connectivity index (χ2v) is 5.87. The number of urea groups is 1. The Hall–Kier alpha value is -1.52. The fourth-order valence-electron chi connectivity index (χ4n) is 2.20. The van der Waals surface area contributed by atoms with E-state index in [9.17, 15) is 9.59 Å². The summed E-state index contributed by atoms with van der Waals surface area (Å²) in [6.45, 7) is 9.71. The maximum absolute atomic E-state index is 12.2. The van der Waals surface area contributed by atoms with Gasteiger partial charge in [-0.05, 0) is 18.8 Å². The van der Waals surface area contributed by atoms with Gasteiger partial charge in [0.2, 0.25) is 0 Å². The minimum absolute atomic E-state index is 0.140. The molecule has 5 heteroatoms. The number of hydrogen-bond donors (Lipinski definition) is 1. The molecule has 0 aromatic heterocycles. The molecule has 1 heterocycles. The van der Waals surface area contributed by atoms with Crippen LogP contribution in [0.1, 0.15) is 34.1 Å². The van der Waals surface area contributed by atoms with Crippen molar-refractivity contribution in [2.45, 2.75) is 34.1 Å². The van der Waals surface area contributed by atoms with Crippen LogP contribution < -0.4 is 0 Å². The maximum atomic E-state index is 12.2. The van der Waals surface area contributed by atoms with Gasteiger partial charge in [0.15, 0.2) is 0 Å². The molecule has 1 rings (SSSR count). The van der Waals surface area contributed by atoms with Gasteiger partial charge < -0.3 is 14.9 Å². The lowest BCUT2D eigenvalue weighted by molar-refractivity contribution is -0.137. The van der Waals surface area contributed by atoms with Gasteiger partial charge in [0.05, 0.1) is 0 Å². The van der Waals surface area contributed by atoms with Crippen molar-refractivity contribution in [1.82, 2.24) is 9.80 Å². The van der Waals surface area contributed by atoms with E-state index in [2.05, 4.69) is 26.8 Å². The van der Waals surface area contributed by atoms with Gasteiger partial charge in [-0.15, -0.1) is 0 Å². The van der Waals surface area contributed by atoms with Crippen molar-refractivity contribution in [2.75, 3.05) is 26.2 Å². The summed E-state index contributed by atoms with van der Waals surface area (Å²) in [5.74, 6) is -0.974. The van der Waals surface area contributed by atoms with Crippen LogP contribution in [0.3, 0.4) is 0 Å². The van der Waals surface area contributed by atoms with E-state index in [4.69, 9.17) is 5.11 Å². The van der Waals surface area contributed by atoms with E-state index in [1.807, 2.05) is 0 Å². The molecule has 1 N–H and O–H groups in total. The van der Waals surface area contributed by atoms with Crippen LogP contribution in [0.4, 0.5) is 4.79 Å². The second kappa shape index (κ2) is 6.08. The first-order valence-electron chi connectivity index (χ1n) is 6.71. The minimum atomic E-state index is -0.974. The highest BCUT2D eigenvalue weighted by molar-refractivity contribution is 5.80. The summed E-state index contributed by atoms with van der Waals surface area (Å²) in [6, 6.07) is -0.186. The third-order valence-electron chi connectivity index (χ3n) is 3.42. The van der Waals surface area contributed by atoms with Crippen LogP contribution >= 0.6 is 0 Å². The van der Waals surface area contributed by atoms with Crippen LogP contribution in [0.25, 0.3) is 0 Å².